The van der Waals surface area contributed by atoms with Gasteiger partial charge in [0.05, 0.1) is 35.1 Å². The Morgan fingerprint density at radius 1 is 0.885 bits per heavy atom. The summed E-state index contributed by atoms with van der Waals surface area (Å²) in [6.07, 6.45) is 9.09. The van der Waals surface area contributed by atoms with Gasteiger partial charge in [0.15, 0.2) is 0 Å². The molecule has 6 aliphatic rings. The van der Waals surface area contributed by atoms with E-state index in [2.05, 4.69) is 5.43 Å². The van der Waals surface area contributed by atoms with E-state index >= 15 is 4.79 Å². The molecule has 2 N–H and O–H groups in total. The number of carbonyl (C=O) groups is 4. The number of allylic oxidation sites excluding steroid dienone is 3. The molecular weight excluding hydrogens is 685 g/mol. The van der Waals surface area contributed by atoms with Crippen molar-refractivity contribution < 1.29 is 33.4 Å². The third-order valence-corrected chi connectivity index (χ3v) is 12.6. The number of aromatic hydroxyl groups is 1. The standard InChI is InChI=1S/C41H37ClFN3O6/c42-25-8-6-24(7-9-25)41-33(38(49)46(40(41)51)44-27-12-10-26(43)11-13-27)20-32-30(36(41)23-18-22-19-29(47)14-17-34(22)52-21-23)15-16-31-35(32)39(50)45(37(31)48)28-4-2-1-3-5-28/h6-15,17,19,21,28,31-33,35-36,44,47H,1-5,16,18,20H2/t31-,32+,33-,35-,36-,41+/m0/s1. The monoisotopic (exact) mass is 721 g/mol. The van der Waals surface area contributed by atoms with Crippen LogP contribution in [0.25, 0.3) is 0 Å². The largest absolute Gasteiger partial charge is 0.508 e. The van der Waals surface area contributed by atoms with E-state index in [1.165, 1.54) is 29.2 Å². The topological polar surface area (TPSA) is 116 Å². The van der Waals surface area contributed by atoms with Crippen molar-refractivity contribution in [3.8, 4) is 11.5 Å². The molecule has 2 saturated carbocycles. The number of anilines is 1. The summed E-state index contributed by atoms with van der Waals surface area (Å²) < 4.78 is 20.1. The highest BCUT2D eigenvalue weighted by molar-refractivity contribution is 6.30. The molecule has 6 atom stereocenters. The average Bonchev–Trinajstić information content (AvgIpc) is 3.53. The summed E-state index contributed by atoms with van der Waals surface area (Å²) in [6, 6.07) is 17.1. The van der Waals surface area contributed by atoms with Gasteiger partial charge in [-0.2, -0.15) is 5.01 Å². The van der Waals surface area contributed by atoms with Crippen molar-refractivity contribution >= 4 is 40.9 Å². The van der Waals surface area contributed by atoms with Crippen molar-refractivity contribution in [2.75, 3.05) is 5.43 Å². The molecule has 0 aromatic heterocycles. The van der Waals surface area contributed by atoms with Gasteiger partial charge in [-0.25, -0.2) is 4.39 Å². The van der Waals surface area contributed by atoms with Gasteiger partial charge in [0.1, 0.15) is 17.3 Å². The number of nitrogens with zero attached hydrogens (tertiary/aromatic N) is 2. The maximum absolute atomic E-state index is 15.3. The molecule has 0 spiro atoms. The number of nitrogens with one attached hydrogen (secondary N) is 1. The third-order valence-electron chi connectivity index (χ3n) is 12.4. The van der Waals surface area contributed by atoms with E-state index in [0.29, 0.717) is 46.0 Å². The number of likely N-dealkylation sites (tertiary alicyclic amines) is 1. The van der Waals surface area contributed by atoms with Crippen LogP contribution in [0.2, 0.25) is 5.02 Å². The number of rotatable bonds is 5. The first kappa shape index (κ1) is 32.9. The Balaban J connectivity index is 1.22. The number of hydrogen-bond donors (Lipinski definition) is 2. The summed E-state index contributed by atoms with van der Waals surface area (Å²) in [6.45, 7) is 0. The van der Waals surface area contributed by atoms with Crippen molar-refractivity contribution in [1.82, 2.24) is 9.91 Å². The van der Waals surface area contributed by atoms with Gasteiger partial charge in [-0.1, -0.05) is 54.6 Å². The lowest BCUT2D eigenvalue weighted by Crippen LogP contribution is -2.55. The van der Waals surface area contributed by atoms with E-state index in [0.717, 1.165) is 42.7 Å². The summed E-state index contributed by atoms with van der Waals surface area (Å²) in [5.74, 6) is -4.53. The molecule has 9 rings (SSSR count). The zero-order chi connectivity index (χ0) is 35.9. The van der Waals surface area contributed by atoms with Gasteiger partial charge >= 0.3 is 0 Å². The highest BCUT2D eigenvalue weighted by atomic mass is 35.5. The van der Waals surface area contributed by atoms with Crippen molar-refractivity contribution in [3.63, 3.8) is 0 Å². The molecule has 9 nitrogen and oxygen atoms in total. The predicted molar refractivity (Wildman–Crippen MR) is 189 cm³/mol. The molecule has 3 aliphatic heterocycles. The number of hydrogen-bond acceptors (Lipinski definition) is 7. The molecular formula is C41H37ClFN3O6. The molecule has 3 aromatic rings. The Hall–Kier alpha value is -4.96. The van der Waals surface area contributed by atoms with Gasteiger partial charge in [-0.05, 0) is 97.3 Å². The number of amides is 4. The second-order valence-corrected chi connectivity index (χ2v) is 15.4. The van der Waals surface area contributed by atoms with Crippen LogP contribution < -0.4 is 10.2 Å². The summed E-state index contributed by atoms with van der Waals surface area (Å²) in [4.78, 5) is 60.3. The molecule has 3 aliphatic carbocycles. The van der Waals surface area contributed by atoms with Crippen LogP contribution in [0.4, 0.5) is 10.1 Å². The fraction of sp³-hybridized carbons (Fsp3) is 0.366. The Bertz CT molecular complexity index is 2080. The number of imide groups is 2. The number of fused-ring (bicyclic) bond motifs is 5. The number of carbonyl (C=O) groups excluding carboxylic acids is 4. The van der Waals surface area contributed by atoms with Crippen LogP contribution in [-0.4, -0.2) is 44.7 Å². The second kappa shape index (κ2) is 12.3. The number of halogens is 2. The van der Waals surface area contributed by atoms with Gasteiger partial charge in [0.2, 0.25) is 11.8 Å². The summed E-state index contributed by atoms with van der Waals surface area (Å²) >= 11 is 6.39. The Morgan fingerprint density at radius 3 is 2.38 bits per heavy atom. The fourth-order valence-corrected chi connectivity index (χ4v) is 10.3. The Labute approximate surface area is 305 Å². The van der Waals surface area contributed by atoms with Crippen molar-refractivity contribution in [2.45, 2.75) is 62.8 Å². The molecule has 0 bridgehead atoms. The minimum atomic E-state index is -1.50. The molecule has 4 amide bonds. The number of ether oxygens (including phenoxy) is 1. The van der Waals surface area contributed by atoms with Crippen molar-refractivity contribution in [2.24, 2.45) is 29.6 Å². The SMILES string of the molecule is O=C1[C@@H]2C[C@@H]3C(=CC[C@@H]4C(=O)N(C5CCCCC5)C(=O)[C@@H]43)[C@H](C3=COc4ccc(O)cc4C3)[C@]2(c2ccc(Cl)cc2)C(=O)N1Nc1ccc(F)cc1. The van der Waals surface area contributed by atoms with Gasteiger partial charge in [0.25, 0.3) is 11.8 Å². The van der Waals surface area contributed by atoms with Crippen molar-refractivity contribution in [1.29, 1.82) is 0 Å². The smallest absolute Gasteiger partial charge is 0.260 e. The quantitative estimate of drug-likeness (QED) is 0.219. The van der Waals surface area contributed by atoms with E-state index in [1.807, 2.05) is 6.08 Å². The average molecular weight is 722 g/mol. The maximum atomic E-state index is 15.3. The van der Waals surface area contributed by atoms with Gasteiger partial charge in [-0.15, -0.1) is 0 Å². The first-order chi connectivity index (χ1) is 25.2. The van der Waals surface area contributed by atoms with Crippen LogP contribution in [0.3, 0.4) is 0 Å². The summed E-state index contributed by atoms with van der Waals surface area (Å²) in [5.41, 5.74) is 4.67. The molecule has 0 radical (unpaired) electrons. The highest BCUT2D eigenvalue weighted by Crippen LogP contribution is 2.63. The summed E-state index contributed by atoms with van der Waals surface area (Å²) in [5, 5.41) is 11.9. The minimum Gasteiger partial charge on any atom is -0.508 e. The summed E-state index contributed by atoms with van der Waals surface area (Å²) in [7, 11) is 0. The Kier molecular flexibility index (Phi) is 7.80. The number of phenolic OH excluding ortho intramolecular Hbond substituents is 1. The molecule has 52 heavy (non-hydrogen) atoms. The van der Waals surface area contributed by atoms with Crippen LogP contribution in [0.15, 0.2) is 90.2 Å². The third kappa shape index (κ3) is 4.86. The van der Waals surface area contributed by atoms with Crippen LogP contribution in [-0.2, 0) is 31.0 Å². The van der Waals surface area contributed by atoms with Gasteiger partial charge < -0.3 is 9.84 Å². The maximum Gasteiger partial charge on any atom is 0.260 e. The highest BCUT2D eigenvalue weighted by Gasteiger charge is 2.71. The second-order valence-electron chi connectivity index (χ2n) is 15.0. The molecule has 266 valence electrons. The lowest BCUT2D eigenvalue weighted by molar-refractivity contribution is -0.144. The number of benzene rings is 3. The van der Waals surface area contributed by atoms with Gasteiger partial charge in [-0.3, -0.25) is 29.5 Å². The first-order valence-corrected chi connectivity index (χ1v) is 18.5. The van der Waals surface area contributed by atoms with Crippen LogP contribution in [0.1, 0.15) is 56.1 Å². The predicted octanol–water partition coefficient (Wildman–Crippen LogP) is 6.85. The molecule has 3 heterocycles. The van der Waals surface area contributed by atoms with E-state index in [9.17, 15) is 23.9 Å². The molecule has 3 aromatic carbocycles. The minimum absolute atomic E-state index is 0.0646. The first-order valence-electron chi connectivity index (χ1n) is 18.1. The van der Waals surface area contributed by atoms with Gasteiger partial charge in [0, 0.05) is 29.0 Å². The molecule has 11 heteroatoms. The zero-order valence-corrected chi connectivity index (χ0v) is 29.0. The van der Waals surface area contributed by atoms with Crippen LogP contribution in [0.5, 0.6) is 11.5 Å². The van der Waals surface area contributed by atoms with Crippen molar-refractivity contribution in [3.05, 3.63) is 112 Å². The lowest BCUT2D eigenvalue weighted by Gasteiger charge is -2.51. The van der Waals surface area contributed by atoms with E-state index in [1.54, 1.807) is 48.7 Å². The van der Waals surface area contributed by atoms with E-state index in [4.69, 9.17) is 16.3 Å². The van der Waals surface area contributed by atoms with E-state index in [-0.39, 0.29) is 30.0 Å². The fourth-order valence-electron chi connectivity index (χ4n) is 10.2. The number of phenols is 1. The number of hydrazine groups is 1. The molecule has 2 saturated heterocycles. The Morgan fingerprint density at radius 2 is 1.63 bits per heavy atom. The normalized spacial score (nSPS) is 29.8. The lowest BCUT2D eigenvalue weighted by atomic mass is 9.48. The van der Waals surface area contributed by atoms with E-state index < -0.39 is 52.6 Å². The zero-order valence-electron chi connectivity index (χ0n) is 28.3. The molecule has 4 fully saturated rings. The molecule has 0 unspecified atom stereocenters. The van der Waals surface area contributed by atoms with Crippen LogP contribution >= 0.6 is 11.6 Å². The van der Waals surface area contributed by atoms with Crippen LogP contribution in [0, 0.1) is 35.4 Å².